The molecule has 12 heavy (non-hydrogen) atoms. The first-order chi connectivity index (χ1) is 5.93. The molecule has 0 aromatic heterocycles. The lowest BCUT2D eigenvalue weighted by Crippen LogP contribution is -1.77. The van der Waals surface area contributed by atoms with Gasteiger partial charge < -0.3 is 0 Å². The van der Waals surface area contributed by atoms with Crippen molar-refractivity contribution in [1.82, 2.24) is 0 Å². The van der Waals surface area contributed by atoms with E-state index in [0.717, 1.165) is 6.42 Å². The molecule has 0 radical (unpaired) electrons. The zero-order valence-corrected chi connectivity index (χ0v) is 7.40. The first-order valence-corrected chi connectivity index (χ1v) is 4.25. The van der Waals surface area contributed by atoms with Crippen LogP contribution in [0.5, 0.6) is 0 Å². The normalized spacial score (nSPS) is 11.4. The minimum Gasteiger partial charge on any atom is -0.0877 e. The van der Waals surface area contributed by atoms with E-state index in [-0.39, 0.29) is 0 Å². The van der Waals surface area contributed by atoms with Crippen LogP contribution in [0.2, 0.25) is 0 Å². The van der Waals surface area contributed by atoms with Crippen molar-refractivity contribution in [2.75, 3.05) is 0 Å². The highest BCUT2D eigenvalue weighted by Crippen LogP contribution is 1.99. The minimum absolute atomic E-state index is 1.02. The third-order valence-corrected chi connectivity index (χ3v) is 1.64. The average Bonchev–Trinajstić information content (AvgIpc) is 2.14. The molecule has 0 aliphatic rings. The fraction of sp³-hybridized carbons (Fsp3) is 0.167. The van der Waals surface area contributed by atoms with Crippen LogP contribution in [0.15, 0.2) is 54.6 Å². The van der Waals surface area contributed by atoms with Crippen LogP contribution in [-0.2, 0) is 6.42 Å². The lowest BCUT2D eigenvalue weighted by molar-refractivity contribution is 1.27. The Labute approximate surface area is 74.2 Å². The van der Waals surface area contributed by atoms with Gasteiger partial charge in [0, 0.05) is 0 Å². The maximum Gasteiger partial charge on any atom is -0.00943 e. The molecule has 0 saturated heterocycles. The highest BCUT2D eigenvalue weighted by Gasteiger charge is 1.83. The van der Waals surface area contributed by atoms with Crippen molar-refractivity contribution in [3.8, 4) is 0 Å². The van der Waals surface area contributed by atoms with E-state index >= 15 is 0 Å². The van der Waals surface area contributed by atoms with E-state index in [1.54, 1.807) is 0 Å². The van der Waals surface area contributed by atoms with Crippen molar-refractivity contribution < 1.29 is 0 Å². The zero-order chi connectivity index (χ0) is 8.65. The molecule has 0 amide bonds. The molecule has 1 aromatic carbocycles. The molecule has 0 unspecified atom stereocenters. The number of rotatable bonds is 3. The van der Waals surface area contributed by atoms with E-state index < -0.39 is 0 Å². The van der Waals surface area contributed by atoms with Gasteiger partial charge in [-0.25, -0.2) is 0 Å². The monoisotopic (exact) mass is 158 g/mol. The molecule has 1 rings (SSSR count). The summed E-state index contributed by atoms with van der Waals surface area (Å²) in [6.07, 6.45) is 9.33. The first-order valence-electron chi connectivity index (χ1n) is 4.25. The SMILES string of the molecule is CC=CC=CCc1ccccc1. The highest BCUT2D eigenvalue weighted by atomic mass is 13.9. The Kier molecular flexibility index (Phi) is 3.93. The quantitative estimate of drug-likeness (QED) is 0.592. The largest absolute Gasteiger partial charge is 0.0877 e. The molecular formula is C12H14. The zero-order valence-electron chi connectivity index (χ0n) is 7.40. The van der Waals surface area contributed by atoms with Gasteiger partial charge in [0.05, 0.1) is 0 Å². The number of benzene rings is 1. The van der Waals surface area contributed by atoms with Gasteiger partial charge in [-0.1, -0.05) is 54.6 Å². The predicted molar refractivity (Wildman–Crippen MR) is 54.1 cm³/mol. The smallest absolute Gasteiger partial charge is 0.00943 e. The van der Waals surface area contributed by atoms with Gasteiger partial charge >= 0.3 is 0 Å². The fourth-order valence-electron chi connectivity index (χ4n) is 1.01. The molecule has 0 fully saturated rings. The summed E-state index contributed by atoms with van der Waals surface area (Å²) in [7, 11) is 0. The summed E-state index contributed by atoms with van der Waals surface area (Å²) in [6.45, 7) is 2.02. The van der Waals surface area contributed by atoms with Crippen molar-refractivity contribution >= 4 is 0 Å². The molecule has 0 heteroatoms. The van der Waals surface area contributed by atoms with E-state index in [9.17, 15) is 0 Å². The van der Waals surface area contributed by atoms with Crippen LogP contribution in [0.1, 0.15) is 12.5 Å². The summed E-state index contributed by atoms with van der Waals surface area (Å²) in [6, 6.07) is 10.5. The van der Waals surface area contributed by atoms with E-state index in [1.165, 1.54) is 5.56 Å². The second-order valence-electron chi connectivity index (χ2n) is 2.64. The Morgan fingerprint density at radius 2 is 1.83 bits per heavy atom. The van der Waals surface area contributed by atoms with Crippen LogP contribution in [0.3, 0.4) is 0 Å². The molecule has 0 aliphatic carbocycles. The Morgan fingerprint density at radius 1 is 1.08 bits per heavy atom. The summed E-state index contributed by atoms with van der Waals surface area (Å²) < 4.78 is 0. The highest BCUT2D eigenvalue weighted by molar-refractivity contribution is 5.18. The van der Waals surface area contributed by atoms with Gasteiger partial charge in [0.25, 0.3) is 0 Å². The number of hydrogen-bond donors (Lipinski definition) is 0. The van der Waals surface area contributed by atoms with E-state index in [2.05, 4.69) is 36.4 Å². The van der Waals surface area contributed by atoms with Gasteiger partial charge in [-0.3, -0.25) is 0 Å². The molecule has 1 aromatic rings. The Bertz CT molecular complexity index is 255. The second kappa shape index (κ2) is 5.36. The molecule has 0 spiro atoms. The Hall–Kier alpha value is -1.30. The van der Waals surface area contributed by atoms with E-state index in [0.29, 0.717) is 0 Å². The van der Waals surface area contributed by atoms with E-state index in [1.807, 2.05) is 25.1 Å². The maximum atomic E-state index is 2.16. The van der Waals surface area contributed by atoms with Gasteiger partial charge in [0.2, 0.25) is 0 Å². The minimum atomic E-state index is 1.02. The summed E-state index contributed by atoms with van der Waals surface area (Å²) in [5, 5.41) is 0. The fourth-order valence-corrected chi connectivity index (χ4v) is 1.01. The van der Waals surface area contributed by atoms with Crippen LogP contribution in [0.4, 0.5) is 0 Å². The molecule has 62 valence electrons. The molecule has 0 atom stereocenters. The van der Waals surface area contributed by atoms with Gasteiger partial charge in [0.1, 0.15) is 0 Å². The molecular weight excluding hydrogens is 144 g/mol. The van der Waals surface area contributed by atoms with Crippen LogP contribution in [0, 0.1) is 0 Å². The topological polar surface area (TPSA) is 0 Å². The number of hydrogen-bond acceptors (Lipinski definition) is 0. The number of allylic oxidation sites excluding steroid dienone is 4. The van der Waals surface area contributed by atoms with Crippen molar-refractivity contribution in [3.63, 3.8) is 0 Å². The second-order valence-corrected chi connectivity index (χ2v) is 2.64. The van der Waals surface area contributed by atoms with Gasteiger partial charge in [-0.05, 0) is 18.9 Å². The van der Waals surface area contributed by atoms with Gasteiger partial charge in [-0.2, -0.15) is 0 Å². The summed E-state index contributed by atoms with van der Waals surface area (Å²) in [4.78, 5) is 0. The molecule has 0 aliphatic heterocycles. The molecule has 0 bridgehead atoms. The van der Waals surface area contributed by atoms with Crippen molar-refractivity contribution in [2.45, 2.75) is 13.3 Å². The molecule has 0 heterocycles. The van der Waals surface area contributed by atoms with Crippen LogP contribution < -0.4 is 0 Å². The van der Waals surface area contributed by atoms with Crippen LogP contribution >= 0.6 is 0 Å². The summed E-state index contributed by atoms with van der Waals surface area (Å²) in [5.74, 6) is 0. The van der Waals surface area contributed by atoms with Crippen LogP contribution in [0.25, 0.3) is 0 Å². The van der Waals surface area contributed by atoms with Crippen molar-refractivity contribution in [1.29, 1.82) is 0 Å². The summed E-state index contributed by atoms with van der Waals surface area (Å²) >= 11 is 0. The van der Waals surface area contributed by atoms with E-state index in [4.69, 9.17) is 0 Å². The Morgan fingerprint density at radius 3 is 2.50 bits per heavy atom. The van der Waals surface area contributed by atoms with Gasteiger partial charge in [-0.15, -0.1) is 0 Å². The predicted octanol–water partition coefficient (Wildman–Crippen LogP) is 3.36. The Balaban J connectivity index is 2.43. The average molecular weight is 158 g/mol. The molecule has 0 nitrogen and oxygen atoms in total. The third-order valence-electron chi connectivity index (χ3n) is 1.64. The third kappa shape index (κ3) is 3.20. The standard InChI is InChI=1S/C12H14/c1-2-3-4-6-9-12-10-7-5-8-11-12/h2-8,10-11H,9H2,1H3. The first kappa shape index (κ1) is 8.79. The maximum absolute atomic E-state index is 2.16. The lowest BCUT2D eigenvalue weighted by Gasteiger charge is -1.92. The lowest BCUT2D eigenvalue weighted by atomic mass is 10.1. The molecule has 0 N–H and O–H groups in total. The van der Waals surface area contributed by atoms with Crippen LogP contribution in [-0.4, -0.2) is 0 Å². The molecule has 0 saturated carbocycles. The van der Waals surface area contributed by atoms with Gasteiger partial charge in [0.15, 0.2) is 0 Å². The van der Waals surface area contributed by atoms with Crippen molar-refractivity contribution in [2.24, 2.45) is 0 Å². The summed E-state index contributed by atoms with van der Waals surface area (Å²) in [5.41, 5.74) is 1.36. The van der Waals surface area contributed by atoms with Crippen molar-refractivity contribution in [3.05, 3.63) is 60.2 Å².